The van der Waals surface area contributed by atoms with Gasteiger partial charge in [0.15, 0.2) is 0 Å². The van der Waals surface area contributed by atoms with Crippen LogP contribution in [-0.4, -0.2) is 63.5 Å². The van der Waals surface area contributed by atoms with E-state index in [1.54, 1.807) is 4.90 Å². The summed E-state index contributed by atoms with van der Waals surface area (Å²) in [6.45, 7) is 6.30. The van der Waals surface area contributed by atoms with Crippen molar-refractivity contribution in [1.29, 1.82) is 0 Å². The molecule has 1 saturated heterocycles. The van der Waals surface area contributed by atoms with Crippen LogP contribution in [0.5, 0.6) is 0 Å². The molecule has 1 aromatic rings. The van der Waals surface area contributed by atoms with Gasteiger partial charge in [0.1, 0.15) is 24.1 Å². The predicted octanol–water partition coefficient (Wildman–Crippen LogP) is 2.51. The van der Waals surface area contributed by atoms with Gasteiger partial charge in [-0.25, -0.2) is 4.98 Å². The van der Waals surface area contributed by atoms with Gasteiger partial charge in [0, 0.05) is 18.9 Å². The smallest absolute Gasteiger partial charge is 0.272 e. The highest BCUT2D eigenvalue weighted by Gasteiger charge is 2.49. The Morgan fingerprint density at radius 1 is 1.03 bits per heavy atom. The topological polar surface area (TPSA) is 121 Å². The van der Waals surface area contributed by atoms with Gasteiger partial charge in [-0.05, 0) is 48.9 Å². The third-order valence-corrected chi connectivity index (χ3v) is 8.26. The monoisotopic (exact) mass is 497 g/mol. The molecule has 0 bridgehead atoms. The van der Waals surface area contributed by atoms with Crippen molar-refractivity contribution in [3.63, 3.8) is 0 Å². The molecule has 196 valence electrons. The second-order valence-electron chi connectivity index (χ2n) is 11.7. The van der Waals surface area contributed by atoms with Crippen molar-refractivity contribution >= 4 is 24.0 Å². The summed E-state index contributed by atoms with van der Waals surface area (Å²) in [5.74, 6) is -0.505. The van der Waals surface area contributed by atoms with Gasteiger partial charge in [-0.2, -0.15) is 0 Å². The molecule has 1 aromatic heterocycles. The van der Waals surface area contributed by atoms with Gasteiger partial charge >= 0.3 is 0 Å². The minimum atomic E-state index is -0.814. The molecule has 0 radical (unpaired) electrons. The highest BCUT2D eigenvalue weighted by Crippen LogP contribution is 2.42. The van der Waals surface area contributed by atoms with Crippen molar-refractivity contribution in [2.45, 2.75) is 90.3 Å². The van der Waals surface area contributed by atoms with E-state index in [4.69, 9.17) is 0 Å². The molecule has 3 amide bonds. The Labute approximate surface area is 213 Å². The molecule has 2 aliphatic carbocycles. The summed E-state index contributed by atoms with van der Waals surface area (Å²) < 4.78 is 0. The Morgan fingerprint density at radius 3 is 2.42 bits per heavy atom. The zero-order valence-electron chi connectivity index (χ0n) is 21.6. The first kappa shape index (κ1) is 26.2. The van der Waals surface area contributed by atoms with Crippen molar-refractivity contribution in [2.75, 3.05) is 6.54 Å². The van der Waals surface area contributed by atoms with Gasteiger partial charge in [-0.1, -0.05) is 46.5 Å². The Kier molecular flexibility index (Phi) is 8.05. The molecular formula is C27H39N5O4. The van der Waals surface area contributed by atoms with E-state index in [-0.39, 0.29) is 29.3 Å². The summed E-state index contributed by atoms with van der Waals surface area (Å²) in [5, 5.41) is 5.89. The number of amides is 3. The number of aldehydes is 1. The first-order valence-electron chi connectivity index (χ1n) is 13.3. The highest BCUT2D eigenvalue weighted by atomic mass is 16.2. The van der Waals surface area contributed by atoms with Crippen LogP contribution < -0.4 is 10.6 Å². The number of hydrogen-bond donors (Lipinski definition) is 2. The van der Waals surface area contributed by atoms with Crippen molar-refractivity contribution in [3.8, 4) is 0 Å². The van der Waals surface area contributed by atoms with E-state index in [0.717, 1.165) is 57.7 Å². The molecule has 1 aliphatic heterocycles. The van der Waals surface area contributed by atoms with Gasteiger partial charge in [-0.3, -0.25) is 19.4 Å². The first-order valence-corrected chi connectivity index (χ1v) is 13.3. The predicted molar refractivity (Wildman–Crippen MR) is 134 cm³/mol. The SMILES string of the molecule is CC(C)(C)C(NC(=O)C(NC(=O)c1cnccn1)C1CCCCC1)C(=O)N1C[C@@H]2CCC[C@@H]2[C@H]1C=O. The molecule has 9 nitrogen and oxygen atoms in total. The molecule has 3 aliphatic rings. The summed E-state index contributed by atoms with van der Waals surface area (Å²) in [4.78, 5) is 62.2. The molecule has 0 spiro atoms. The number of aromatic nitrogens is 2. The summed E-state index contributed by atoms with van der Waals surface area (Å²) >= 11 is 0. The fourth-order valence-electron chi connectivity index (χ4n) is 6.30. The summed E-state index contributed by atoms with van der Waals surface area (Å²) in [6.07, 6.45) is 13.0. The molecule has 4 rings (SSSR count). The van der Waals surface area contributed by atoms with Crippen LogP contribution >= 0.6 is 0 Å². The lowest BCUT2D eigenvalue weighted by atomic mass is 9.82. The number of hydrogen-bond acceptors (Lipinski definition) is 6. The molecule has 9 heteroatoms. The molecule has 36 heavy (non-hydrogen) atoms. The van der Waals surface area contributed by atoms with Gasteiger partial charge in [0.05, 0.1) is 12.2 Å². The van der Waals surface area contributed by atoms with Crippen LogP contribution in [-0.2, 0) is 14.4 Å². The summed E-state index contributed by atoms with van der Waals surface area (Å²) in [7, 11) is 0. The number of likely N-dealkylation sites (tertiary alicyclic amines) is 1. The van der Waals surface area contributed by atoms with E-state index < -0.39 is 29.4 Å². The lowest BCUT2D eigenvalue weighted by Crippen LogP contribution is -2.61. The van der Waals surface area contributed by atoms with E-state index in [0.29, 0.717) is 12.5 Å². The van der Waals surface area contributed by atoms with Crippen LogP contribution in [0.2, 0.25) is 0 Å². The third kappa shape index (κ3) is 5.60. The lowest BCUT2D eigenvalue weighted by molar-refractivity contribution is -0.142. The molecular weight excluding hydrogens is 458 g/mol. The molecule has 2 N–H and O–H groups in total. The zero-order valence-corrected chi connectivity index (χ0v) is 21.6. The average Bonchev–Trinajstić information content (AvgIpc) is 3.47. The fraction of sp³-hybridized carbons (Fsp3) is 0.704. The largest absolute Gasteiger partial charge is 0.342 e. The van der Waals surface area contributed by atoms with Crippen molar-refractivity contribution in [2.24, 2.45) is 23.2 Å². The second-order valence-corrected chi connectivity index (χ2v) is 11.7. The van der Waals surface area contributed by atoms with Crippen LogP contribution in [0.25, 0.3) is 0 Å². The number of nitrogens with one attached hydrogen (secondary N) is 2. The lowest BCUT2D eigenvalue weighted by Gasteiger charge is -2.37. The van der Waals surface area contributed by atoms with Crippen LogP contribution in [0.4, 0.5) is 0 Å². The van der Waals surface area contributed by atoms with Crippen molar-refractivity contribution < 1.29 is 19.2 Å². The number of carbonyl (C=O) groups is 4. The Balaban J connectivity index is 1.54. The van der Waals surface area contributed by atoms with Gasteiger partial charge in [0.2, 0.25) is 11.8 Å². The average molecular weight is 498 g/mol. The molecule has 2 unspecified atom stereocenters. The molecule has 5 atom stereocenters. The van der Waals surface area contributed by atoms with Gasteiger partial charge in [0.25, 0.3) is 5.91 Å². The maximum Gasteiger partial charge on any atom is 0.272 e. The zero-order chi connectivity index (χ0) is 25.9. The third-order valence-electron chi connectivity index (χ3n) is 8.26. The van der Waals surface area contributed by atoms with Crippen LogP contribution in [0.1, 0.15) is 82.6 Å². The quantitative estimate of drug-likeness (QED) is 0.559. The van der Waals surface area contributed by atoms with Crippen LogP contribution in [0.3, 0.4) is 0 Å². The maximum absolute atomic E-state index is 13.8. The molecule has 2 saturated carbocycles. The second kappa shape index (κ2) is 11.0. The summed E-state index contributed by atoms with van der Waals surface area (Å²) in [5.41, 5.74) is -0.434. The molecule has 2 heterocycles. The van der Waals surface area contributed by atoms with E-state index in [2.05, 4.69) is 20.6 Å². The minimum Gasteiger partial charge on any atom is -0.342 e. The molecule has 0 aromatic carbocycles. The Morgan fingerprint density at radius 2 is 1.78 bits per heavy atom. The highest BCUT2D eigenvalue weighted by molar-refractivity contribution is 5.97. The molecule has 3 fully saturated rings. The number of nitrogens with zero attached hydrogens (tertiary/aromatic N) is 3. The summed E-state index contributed by atoms with van der Waals surface area (Å²) in [6, 6.07) is -2.03. The van der Waals surface area contributed by atoms with Crippen molar-refractivity contribution in [3.05, 3.63) is 24.3 Å². The van der Waals surface area contributed by atoms with E-state index in [9.17, 15) is 19.2 Å². The minimum absolute atomic E-state index is 0.0241. The normalized spacial score (nSPS) is 26.1. The maximum atomic E-state index is 13.8. The van der Waals surface area contributed by atoms with Gasteiger partial charge < -0.3 is 20.3 Å². The number of fused-ring (bicyclic) bond motifs is 1. The standard InChI is InChI=1S/C27H39N5O4/c1-27(2,3)23(26(36)32-15-18-10-7-11-19(18)21(32)16-33)31-25(35)22(17-8-5-4-6-9-17)30-24(34)20-14-28-12-13-29-20/h12-14,16-19,21-23H,4-11,15H2,1-3H3,(H,30,34)(H,31,35)/t18-,19-,21+,22?,23?/m0/s1. The Hall–Kier alpha value is -2.84. The fourth-order valence-corrected chi connectivity index (χ4v) is 6.30. The van der Waals surface area contributed by atoms with Crippen molar-refractivity contribution in [1.82, 2.24) is 25.5 Å². The van der Waals surface area contributed by atoms with E-state index >= 15 is 0 Å². The van der Waals surface area contributed by atoms with E-state index in [1.807, 2.05) is 20.8 Å². The Bertz CT molecular complexity index is 957. The van der Waals surface area contributed by atoms with Gasteiger partial charge in [-0.15, -0.1) is 0 Å². The van der Waals surface area contributed by atoms with Crippen LogP contribution in [0, 0.1) is 23.2 Å². The first-order chi connectivity index (χ1) is 17.2. The van der Waals surface area contributed by atoms with E-state index in [1.165, 1.54) is 18.6 Å². The number of carbonyl (C=O) groups excluding carboxylic acids is 4. The number of rotatable bonds is 7. The van der Waals surface area contributed by atoms with Crippen LogP contribution in [0.15, 0.2) is 18.6 Å².